The summed E-state index contributed by atoms with van der Waals surface area (Å²) in [7, 11) is -2.30. The Morgan fingerprint density at radius 3 is 2.62 bits per heavy atom. The molecule has 0 aliphatic carbocycles. The maximum Gasteiger partial charge on any atom is 0.276 e. The zero-order chi connectivity index (χ0) is 19.2. The van der Waals surface area contributed by atoms with Crippen LogP contribution >= 0.6 is 11.6 Å². The van der Waals surface area contributed by atoms with Crippen molar-refractivity contribution in [3.8, 4) is 23.8 Å². The molecule has 2 rings (SSSR count). The van der Waals surface area contributed by atoms with E-state index in [4.69, 9.17) is 27.5 Å². The number of hydrazone groups is 1. The minimum Gasteiger partial charge on any atom is -0.493 e. The number of ether oxygens (including phenoxy) is 2. The molecule has 0 radical (unpaired) electrons. The second-order valence-corrected chi connectivity index (χ2v) is 7.26. The predicted molar refractivity (Wildman–Crippen MR) is 101 cm³/mol. The Morgan fingerprint density at radius 1 is 1.31 bits per heavy atom. The van der Waals surface area contributed by atoms with Crippen molar-refractivity contribution in [3.05, 3.63) is 52.5 Å². The molecule has 0 heterocycles. The van der Waals surface area contributed by atoms with E-state index < -0.39 is 10.0 Å². The fraction of sp³-hybridized carbons (Fsp3) is 0.167. The van der Waals surface area contributed by atoms with Crippen LogP contribution in [0.4, 0.5) is 0 Å². The summed E-state index contributed by atoms with van der Waals surface area (Å²) in [4.78, 5) is 2.27. The molecule has 26 heavy (non-hydrogen) atoms. The summed E-state index contributed by atoms with van der Waals surface area (Å²) in [5.41, 5.74) is 1.48. The van der Waals surface area contributed by atoms with Crippen LogP contribution in [0.15, 0.2) is 46.4 Å². The summed E-state index contributed by atoms with van der Waals surface area (Å²) < 4.78 is 34.9. The molecule has 0 aliphatic heterocycles. The van der Waals surface area contributed by atoms with Crippen LogP contribution < -0.4 is 14.3 Å². The summed E-state index contributed by atoms with van der Waals surface area (Å²) in [6.07, 6.45) is 6.48. The van der Waals surface area contributed by atoms with E-state index in [1.165, 1.54) is 25.5 Å². The first-order valence-electron chi connectivity index (χ1n) is 7.42. The molecule has 0 fully saturated rings. The van der Waals surface area contributed by atoms with Gasteiger partial charge in [-0.1, -0.05) is 35.2 Å². The van der Waals surface area contributed by atoms with Crippen LogP contribution in [0.5, 0.6) is 11.5 Å². The van der Waals surface area contributed by atoms with Gasteiger partial charge in [0.2, 0.25) is 0 Å². The third-order valence-electron chi connectivity index (χ3n) is 3.27. The second-order valence-electron chi connectivity index (χ2n) is 5.19. The molecular formula is C18H17ClN2O4S. The number of hydrogen-bond donors (Lipinski definition) is 1. The number of halogens is 1. The van der Waals surface area contributed by atoms with Gasteiger partial charge >= 0.3 is 0 Å². The van der Waals surface area contributed by atoms with E-state index in [0.29, 0.717) is 17.1 Å². The third-order valence-corrected chi connectivity index (χ3v) is 4.79. The minimum atomic E-state index is -3.75. The minimum absolute atomic E-state index is 0.0415. The Kier molecular flexibility index (Phi) is 6.50. The Hall–Kier alpha value is -2.69. The Balaban J connectivity index is 2.18. The molecule has 0 amide bonds. The van der Waals surface area contributed by atoms with Gasteiger partial charge in [0.25, 0.3) is 10.0 Å². The molecular weight excluding hydrogens is 376 g/mol. The standard InChI is InChI=1S/C18H17ClN2O4S/c1-4-9-25-18-16(19)10-14(11-17(18)24-3)12-20-21-26(22,23)15-7-5-13(2)6-8-15/h1,5-8,10-12,21H,9H2,2-3H3/b20-12-. The number of nitrogens with zero attached hydrogens (tertiary/aromatic N) is 1. The molecule has 136 valence electrons. The van der Waals surface area contributed by atoms with Crippen molar-refractivity contribution >= 4 is 27.8 Å². The lowest BCUT2D eigenvalue weighted by Gasteiger charge is -2.11. The lowest BCUT2D eigenvalue weighted by molar-refractivity contribution is 0.331. The highest BCUT2D eigenvalue weighted by atomic mass is 35.5. The molecule has 2 aromatic rings. The first kappa shape index (κ1) is 19.6. The maximum atomic E-state index is 12.2. The SMILES string of the molecule is C#CCOc1c(Cl)cc(/C=N\NS(=O)(=O)c2ccc(C)cc2)cc1OC. The highest BCUT2D eigenvalue weighted by Gasteiger charge is 2.13. The quantitative estimate of drug-likeness (QED) is 0.446. The molecule has 0 saturated carbocycles. The molecule has 6 nitrogen and oxygen atoms in total. The lowest BCUT2D eigenvalue weighted by atomic mass is 10.2. The summed E-state index contributed by atoms with van der Waals surface area (Å²) in [6.45, 7) is 1.91. The molecule has 0 bridgehead atoms. The van der Waals surface area contributed by atoms with Crippen LogP contribution in [0.3, 0.4) is 0 Å². The van der Waals surface area contributed by atoms with E-state index in [1.54, 1.807) is 24.3 Å². The lowest BCUT2D eigenvalue weighted by Crippen LogP contribution is -2.18. The van der Waals surface area contributed by atoms with E-state index in [0.717, 1.165) is 5.56 Å². The van der Waals surface area contributed by atoms with Gasteiger partial charge in [0.15, 0.2) is 11.5 Å². The van der Waals surface area contributed by atoms with Crippen LogP contribution in [0.2, 0.25) is 5.02 Å². The van der Waals surface area contributed by atoms with Crippen molar-refractivity contribution in [1.29, 1.82) is 0 Å². The van der Waals surface area contributed by atoms with Crippen LogP contribution in [0.25, 0.3) is 0 Å². The van der Waals surface area contributed by atoms with Crippen molar-refractivity contribution in [3.63, 3.8) is 0 Å². The number of aryl methyl sites for hydroxylation is 1. The van der Waals surface area contributed by atoms with Crippen molar-refractivity contribution in [2.75, 3.05) is 13.7 Å². The van der Waals surface area contributed by atoms with Crippen molar-refractivity contribution in [2.45, 2.75) is 11.8 Å². The monoisotopic (exact) mass is 392 g/mol. The van der Waals surface area contributed by atoms with Gasteiger partial charge in [-0.15, -0.1) is 6.42 Å². The predicted octanol–water partition coefficient (Wildman–Crippen LogP) is 2.98. The molecule has 1 N–H and O–H groups in total. The van der Waals surface area contributed by atoms with Gasteiger partial charge in [0, 0.05) is 0 Å². The van der Waals surface area contributed by atoms with Gasteiger partial charge in [0.05, 0.1) is 23.2 Å². The summed E-state index contributed by atoms with van der Waals surface area (Å²) in [5.74, 6) is 3.01. The maximum absolute atomic E-state index is 12.2. The van der Waals surface area contributed by atoms with Crippen LogP contribution in [-0.2, 0) is 10.0 Å². The van der Waals surface area contributed by atoms with Crippen LogP contribution in [0.1, 0.15) is 11.1 Å². The zero-order valence-electron chi connectivity index (χ0n) is 14.2. The topological polar surface area (TPSA) is 77.0 Å². The fourth-order valence-electron chi connectivity index (χ4n) is 2.01. The number of nitrogens with one attached hydrogen (secondary N) is 1. The molecule has 0 aromatic heterocycles. The van der Waals surface area contributed by atoms with Crippen molar-refractivity contribution < 1.29 is 17.9 Å². The number of rotatable bonds is 7. The van der Waals surface area contributed by atoms with Crippen LogP contribution in [0, 0.1) is 19.3 Å². The van der Waals surface area contributed by atoms with E-state index in [1.807, 2.05) is 6.92 Å². The Bertz CT molecular complexity index is 948. The first-order chi connectivity index (χ1) is 12.4. The van der Waals surface area contributed by atoms with E-state index >= 15 is 0 Å². The average Bonchev–Trinajstić information content (AvgIpc) is 2.60. The number of hydrogen-bond acceptors (Lipinski definition) is 5. The second kappa shape index (κ2) is 8.61. The Labute approximate surface area is 157 Å². The summed E-state index contributed by atoms with van der Waals surface area (Å²) in [5, 5.41) is 4.04. The largest absolute Gasteiger partial charge is 0.493 e. The normalized spacial score (nSPS) is 11.2. The molecule has 0 aliphatic rings. The number of methoxy groups -OCH3 is 1. The van der Waals surface area contributed by atoms with E-state index in [9.17, 15) is 8.42 Å². The molecule has 0 spiro atoms. The van der Waals surface area contributed by atoms with Gasteiger partial charge in [-0.05, 0) is 36.8 Å². The average molecular weight is 393 g/mol. The fourth-order valence-corrected chi connectivity index (χ4v) is 3.07. The van der Waals surface area contributed by atoms with Gasteiger partial charge < -0.3 is 9.47 Å². The van der Waals surface area contributed by atoms with Gasteiger partial charge in [0.1, 0.15) is 6.61 Å². The summed E-state index contributed by atoms with van der Waals surface area (Å²) in [6, 6.07) is 9.58. The van der Waals surface area contributed by atoms with Gasteiger partial charge in [-0.2, -0.15) is 13.5 Å². The molecule has 0 atom stereocenters. The van der Waals surface area contributed by atoms with Crippen molar-refractivity contribution in [2.24, 2.45) is 5.10 Å². The molecule has 2 aromatic carbocycles. The Morgan fingerprint density at radius 2 is 2.00 bits per heavy atom. The molecule has 0 saturated heterocycles. The molecule has 0 unspecified atom stereocenters. The number of sulfonamides is 1. The number of terminal acetylenes is 1. The van der Waals surface area contributed by atoms with Crippen LogP contribution in [-0.4, -0.2) is 28.3 Å². The third kappa shape index (κ3) is 4.91. The smallest absolute Gasteiger partial charge is 0.276 e. The zero-order valence-corrected chi connectivity index (χ0v) is 15.8. The highest BCUT2D eigenvalue weighted by Crippen LogP contribution is 2.35. The van der Waals surface area contributed by atoms with Gasteiger partial charge in [-0.25, -0.2) is 4.83 Å². The molecule has 8 heteroatoms. The van der Waals surface area contributed by atoms with Crippen molar-refractivity contribution in [1.82, 2.24) is 4.83 Å². The number of benzene rings is 2. The van der Waals surface area contributed by atoms with E-state index in [2.05, 4.69) is 15.9 Å². The first-order valence-corrected chi connectivity index (χ1v) is 9.29. The van der Waals surface area contributed by atoms with Gasteiger partial charge in [-0.3, -0.25) is 0 Å². The summed E-state index contributed by atoms with van der Waals surface area (Å²) >= 11 is 6.15. The van der Waals surface area contributed by atoms with E-state index in [-0.39, 0.29) is 16.5 Å². The highest BCUT2D eigenvalue weighted by molar-refractivity contribution is 7.89.